The quantitative estimate of drug-likeness (QED) is 0.647. The van der Waals surface area contributed by atoms with Crippen molar-refractivity contribution in [2.24, 2.45) is 0 Å². The van der Waals surface area contributed by atoms with E-state index in [4.69, 9.17) is 4.74 Å². The van der Waals surface area contributed by atoms with E-state index in [0.717, 1.165) is 5.75 Å². The van der Waals surface area contributed by atoms with Crippen molar-refractivity contribution in [1.29, 1.82) is 0 Å². The van der Waals surface area contributed by atoms with Gasteiger partial charge in [-0.05, 0) is 36.4 Å². The van der Waals surface area contributed by atoms with Gasteiger partial charge in [0.05, 0.1) is 11.4 Å². The molecule has 0 aromatic heterocycles. The van der Waals surface area contributed by atoms with Gasteiger partial charge in [0.25, 0.3) is 5.91 Å². The number of piperazine rings is 1. The van der Waals surface area contributed by atoms with Crippen LogP contribution in [0.4, 0.5) is 0 Å². The van der Waals surface area contributed by atoms with Gasteiger partial charge in [-0.2, -0.15) is 4.31 Å². The molecule has 2 aromatic rings. The summed E-state index contributed by atoms with van der Waals surface area (Å²) in [7, 11) is -1.99. The van der Waals surface area contributed by atoms with Crippen LogP contribution in [0, 0.1) is 0 Å². The van der Waals surface area contributed by atoms with Gasteiger partial charge in [0.15, 0.2) is 0 Å². The van der Waals surface area contributed by atoms with E-state index in [0.29, 0.717) is 31.8 Å². The third-order valence-corrected chi connectivity index (χ3v) is 7.12. The van der Waals surface area contributed by atoms with Crippen molar-refractivity contribution in [2.45, 2.75) is 11.8 Å². The van der Waals surface area contributed by atoms with Gasteiger partial charge < -0.3 is 14.5 Å². The Morgan fingerprint density at radius 1 is 0.968 bits per heavy atom. The van der Waals surface area contributed by atoms with Crippen LogP contribution in [-0.4, -0.2) is 80.7 Å². The molecule has 2 aromatic carbocycles. The minimum Gasteiger partial charge on any atom is -0.492 e. The molecule has 2 amide bonds. The standard InChI is InChI=1S/C22H27N3O5S/c1-18(26)24-12-14-25(15-13-24)31(28,29)21-10-8-19(9-11-21)22(27)23(2)16-17-30-20-6-4-3-5-7-20/h3-11H,12-17H2,1-2H3. The van der Waals surface area contributed by atoms with E-state index >= 15 is 0 Å². The van der Waals surface area contributed by atoms with E-state index in [1.807, 2.05) is 30.3 Å². The van der Waals surface area contributed by atoms with Crippen LogP contribution >= 0.6 is 0 Å². The lowest BCUT2D eigenvalue weighted by molar-refractivity contribution is -0.129. The fourth-order valence-corrected chi connectivity index (χ4v) is 4.72. The van der Waals surface area contributed by atoms with Crippen LogP contribution in [-0.2, 0) is 14.8 Å². The summed E-state index contributed by atoms with van der Waals surface area (Å²) in [5, 5.41) is 0. The number of rotatable bonds is 7. The summed E-state index contributed by atoms with van der Waals surface area (Å²) in [4.78, 5) is 27.4. The highest BCUT2D eigenvalue weighted by Crippen LogP contribution is 2.19. The second-order valence-electron chi connectivity index (χ2n) is 7.32. The number of likely N-dealkylation sites (N-methyl/N-ethyl adjacent to an activating group) is 1. The summed E-state index contributed by atoms with van der Waals surface area (Å²) in [5.41, 5.74) is 0.405. The lowest BCUT2D eigenvalue weighted by Crippen LogP contribution is -2.49. The molecule has 0 unspecified atom stereocenters. The Labute approximate surface area is 183 Å². The highest BCUT2D eigenvalue weighted by Gasteiger charge is 2.29. The number of benzene rings is 2. The molecule has 1 fully saturated rings. The first-order valence-corrected chi connectivity index (χ1v) is 11.5. The Bertz CT molecular complexity index is 1000. The van der Waals surface area contributed by atoms with Gasteiger partial charge in [-0.3, -0.25) is 9.59 Å². The summed E-state index contributed by atoms with van der Waals surface area (Å²) >= 11 is 0. The summed E-state index contributed by atoms with van der Waals surface area (Å²) in [5.74, 6) is 0.468. The lowest BCUT2D eigenvalue weighted by atomic mass is 10.2. The number of sulfonamides is 1. The average molecular weight is 446 g/mol. The molecule has 0 N–H and O–H groups in total. The third kappa shape index (κ3) is 5.62. The maximum absolute atomic E-state index is 12.9. The van der Waals surface area contributed by atoms with E-state index < -0.39 is 10.0 Å². The van der Waals surface area contributed by atoms with E-state index in [1.165, 1.54) is 40.4 Å². The summed E-state index contributed by atoms with van der Waals surface area (Å²) in [6.07, 6.45) is 0. The zero-order chi connectivity index (χ0) is 22.4. The molecule has 0 saturated carbocycles. The molecule has 31 heavy (non-hydrogen) atoms. The smallest absolute Gasteiger partial charge is 0.253 e. The number of amides is 2. The Balaban J connectivity index is 1.57. The normalized spacial score (nSPS) is 14.8. The average Bonchev–Trinajstić information content (AvgIpc) is 2.79. The fraction of sp³-hybridized carbons (Fsp3) is 0.364. The molecular formula is C22H27N3O5S. The first-order valence-electron chi connectivity index (χ1n) is 10.1. The van der Waals surface area contributed by atoms with Gasteiger partial charge >= 0.3 is 0 Å². The predicted octanol–water partition coefficient (Wildman–Crippen LogP) is 1.69. The SMILES string of the molecule is CC(=O)N1CCN(S(=O)(=O)c2ccc(C(=O)N(C)CCOc3ccccc3)cc2)CC1. The minimum atomic E-state index is -3.67. The third-order valence-electron chi connectivity index (χ3n) is 5.21. The second kappa shape index (κ2) is 9.93. The molecule has 0 atom stereocenters. The number of hydrogen-bond donors (Lipinski definition) is 0. The Morgan fingerprint density at radius 2 is 1.58 bits per heavy atom. The Hall–Kier alpha value is -2.91. The van der Waals surface area contributed by atoms with Gasteiger partial charge in [-0.1, -0.05) is 18.2 Å². The summed E-state index contributed by atoms with van der Waals surface area (Å²) < 4.78 is 32.7. The predicted molar refractivity (Wildman–Crippen MR) is 116 cm³/mol. The number of hydrogen-bond acceptors (Lipinski definition) is 5. The first kappa shape index (κ1) is 22.8. The van der Waals surface area contributed by atoms with Crippen molar-refractivity contribution >= 4 is 21.8 Å². The number of para-hydroxylation sites is 1. The van der Waals surface area contributed by atoms with Crippen LogP contribution in [0.15, 0.2) is 59.5 Å². The zero-order valence-electron chi connectivity index (χ0n) is 17.7. The Kier molecular flexibility index (Phi) is 7.29. The van der Waals surface area contributed by atoms with Crippen molar-refractivity contribution in [3.8, 4) is 5.75 Å². The molecule has 0 bridgehead atoms. The minimum absolute atomic E-state index is 0.0572. The van der Waals surface area contributed by atoms with Crippen LogP contribution < -0.4 is 4.74 Å². The van der Waals surface area contributed by atoms with Crippen molar-refractivity contribution in [3.63, 3.8) is 0 Å². The van der Waals surface area contributed by atoms with Crippen molar-refractivity contribution in [3.05, 3.63) is 60.2 Å². The molecule has 0 radical (unpaired) electrons. The molecule has 1 saturated heterocycles. The van der Waals surface area contributed by atoms with Gasteiger partial charge in [0.2, 0.25) is 15.9 Å². The summed E-state index contributed by atoms with van der Waals surface area (Å²) in [6, 6.07) is 15.3. The molecule has 9 heteroatoms. The largest absolute Gasteiger partial charge is 0.492 e. The van der Waals surface area contributed by atoms with Gasteiger partial charge in [0, 0.05) is 45.7 Å². The van der Waals surface area contributed by atoms with Crippen LogP contribution in [0.2, 0.25) is 0 Å². The van der Waals surface area contributed by atoms with E-state index in [-0.39, 0.29) is 29.8 Å². The maximum Gasteiger partial charge on any atom is 0.253 e. The van der Waals surface area contributed by atoms with Crippen molar-refractivity contribution < 1.29 is 22.7 Å². The van der Waals surface area contributed by atoms with Gasteiger partial charge in [-0.15, -0.1) is 0 Å². The second-order valence-corrected chi connectivity index (χ2v) is 9.26. The molecule has 0 aliphatic carbocycles. The highest BCUT2D eigenvalue weighted by molar-refractivity contribution is 7.89. The highest BCUT2D eigenvalue weighted by atomic mass is 32.2. The van der Waals surface area contributed by atoms with Gasteiger partial charge in [-0.25, -0.2) is 8.42 Å². The number of ether oxygens (including phenoxy) is 1. The van der Waals surface area contributed by atoms with Crippen molar-refractivity contribution in [1.82, 2.24) is 14.1 Å². The van der Waals surface area contributed by atoms with E-state index in [2.05, 4.69) is 0 Å². The summed E-state index contributed by atoms with van der Waals surface area (Å²) in [6.45, 7) is 3.49. The van der Waals surface area contributed by atoms with Gasteiger partial charge in [0.1, 0.15) is 12.4 Å². The maximum atomic E-state index is 12.9. The first-order chi connectivity index (χ1) is 14.8. The lowest BCUT2D eigenvalue weighted by Gasteiger charge is -2.33. The molecule has 1 aliphatic rings. The number of carbonyl (C=O) groups is 2. The monoisotopic (exact) mass is 445 g/mol. The molecule has 3 rings (SSSR count). The van der Waals surface area contributed by atoms with E-state index in [9.17, 15) is 18.0 Å². The van der Waals surface area contributed by atoms with Crippen LogP contribution in [0.3, 0.4) is 0 Å². The fourth-order valence-electron chi connectivity index (χ4n) is 3.30. The zero-order valence-corrected chi connectivity index (χ0v) is 18.5. The Morgan fingerprint density at radius 3 is 2.16 bits per heavy atom. The molecular weight excluding hydrogens is 418 g/mol. The van der Waals surface area contributed by atoms with Crippen LogP contribution in [0.1, 0.15) is 17.3 Å². The number of nitrogens with zero attached hydrogens (tertiary/aromatic N) is 3. The molecule has 1 aliphatic heterocycles. The molecule has 1 heterocycles. The number of carbonyl (C=O) groups excluding carboxylic acids is 2. The van der Waals surface area contributed by atoms with Crippen molar-refractivity contribution in [2.75, 3.05) is 46.4 Å². The van der Waals surface area contributed by atoms with Crippen LogP contribution in [0.25, 0.3) is 0 Å². The topological polar surface area (TPSA) is 87.2 Å². The molecule has 8 nitrogen and oxygen atoms in total. The molecule has 0 spiro atoms. The molecule has 166 valence electrons. The van der Waals surface area contributed by atoms with E-state index in [1.54, 1.807) is 11.9 Å². The van der Waals surface area contributed by atoms with Crippen LogP contribution in [0.5, 0.6) is 5.75 Å².